The predicted octanol–water partition coefficient (Wildman–Crippen LogP) is 5.00. The van der Waals surface area contributed by atoms with Crippen LogP contribution in [0.3, 0.4) is 0 Å². The van der Waals surface area contributed by atoms with Crippen molar-refractivity contribution in [1.29, 1.82) is 5.26 Å². The molecule has 0 spiro atoms. The van der Waals surface area contributed by atoms with E-state index in [1.165, 1.54) is 6.07 Å². The lowest BCUT2D eigenvalue weighted by molar-refractivity contribution is -0.137. The zero-order valence-electron chi connectivity index (χ0n) is 14.9. The van der Waals surface area contributed by atoms with E-state index in [-0.39, 0.29) is 0 Å². The van der Waals surface area contributed by atoms with Crippen LogP contribution in [0, 0.1) is 11.3 Å². The fraction of sp³-hybridized carbons (Fsp3) is 0.267. The Morgan fingerprint density at radius 2 is 1.81 bits per heavy atom. The van der Waals surface area contributed by atoms with Gasteiger partial charge in [-0.05, 0) is 23.9 Å². The molecular weight excluding hydrogens is 517 g/mol. The topological polar surface area (TPSA) is 87.8 Å². The highest BCUT2D eigenvalue weighted by atomic mass is 35.5. The Bertz CT molecular complexity index is 1070. The number of benzene rings is 1. The normalized spacial score (nSPS) is 13.0. The number of nitriles is 1. The minimum atomic E-state index is -4.92. The fourth-order valence-electron chi connectivity index (χ4n) is 2.25. The molecule has 0 saturated heterocycles. The van der Waals surface area contributed by atoms with Gasteiger partial charge in [-0.15, -0.1) is 0 Å². The average molecular weight is 525 g/mol. The lowest BCUT2D eigenvalue weighted by atomic mass is 10.2. The van der Waals surface area contributed by atoms with Crippen LogP contribution in [-0.4, -0.2) is 37.4 Å². The Morgan fingerprint density at radius 1 is 1.26 bits per heavy atom. The van der Waals surface area contributed by atoms with Crippen molar-refractivity contribution >= 4 is 57.5 Å². The van der Waals surface area contributed by atoms with Crippen molar-refractivity contribution in [3.63, 3.8) is 0 Å². The van der Waals surface area contributed by atoms with Crippen LogP contribution in [-0.2, 0) is 21.8 Å². The molecule has 0 saturated carbocycles. The molecule has 16 heteroatoms. The molecule has 0 bridgehead atoms. The van der Waals surface area contributed by atoms with Gasteiger partial charge in [-0.25, -0.2) is 4.68 Å². The summed E-state index contributed by atoms with van der Waals surface area (Å²) in [5.41, 5.74) is -7.46. The monoisotopic (exact) mass is 524 g/mol. The summed E-state index contributed by atoms with van der Waals surface area (Å²) < 4.78 is 89.7. The molecule has 1 N–H and O–H groups in total. The third-order valence-corrected chi connectivity index (χ3v) is 5.38. The number of hydrogen-bond acceptors (Lipinski definition) is 5. The Hall–Kier alpha value is -1.95. The van der Waals surface area contributed by atoms with E-state index in [9.17, 15) is 40.6 Å². The van der Waals surface area contributed by atoms with Gasteiger partial charge < -0.3 is 5.32 Å². The van der Waals surface area contributed by atoms with Crippen LogP contribution in [0.15, 0.2) is 17.0 Å². The molecule has 1 unspecified atom stereocenters. The van der Waals surface area contributed by atoms with Gasteiger partial charge in [0.2, 0.25) is 5.91 Å². The Balaban J connectivity index is 2.77. The van der Waals surface area contributed by atoms with E-state index in [0.29, 0.717) is 16.8 Å². The van der Waals surface area contributed by atoms with E-state index in [2.05, 4.69) is 5.10 Å². The van der Waals surface area contributed by atoms with Crippen molar-refractivity contribution in [3.8, 4) is 11.8 Å². The first kappa shape index (κ1) is 25.3. The summed E-state index contributed by atoms with van der Waals surface area (Å²) in [5.74, 6) is -2.34. The summed E-state index contributed by atoms with van der Waals surface area (Å²) in [5, 5.41) is 13.5. The maximum absolute atomic E-state index is 13.0. The number of aromatic nitrogens is 2. The summed E-state index contributed by atoms with van der Waals surface area (Å²) in [7, 11) is -1.68. The number of alkyl halides is 6. The van der Waals surface area contributed by atoms with Crippen LogP contribution in [0.1, 0.15) is 11.3 Å². The number of carbonyl (C=O) groups excluding carboxylic acids is 1. The number of hydrogen-bond donors (Lipinski definition) is 1. The Kier molecular flexibility index (Phi) is 7.57. The molecule has 0 aliphatic heterocycles. The molecule has 2 aromatic rings. The first-order valence-electron chi connectivity index (χ1n) is 7.59. The second kappa shape index (κ2) is 9.27. The van der Waals surface area contributed by atoms with Crippen LogP contribution in [0.4, 0.5) is 32.2 Å². The van der Waals surface area contributed by atoms with E-state index < -0.39 is 83.6 Å². The molecule has 0 aliphatic carbocycles. The van der Waals surface area contributed by atoms with Crippen molar-refractivity contribution < 1.29 is 35.3 Å². The Morgan fingerprint density at radius 3 is 2.23 bits per heavy atom. The van der Waals surface area contributed by atoms with Crippen LogP contribution in [0.25, 0.3) is 5.69 Å². The number of nitrogens with zero attached hydrogens (tertiary/aromatic N) is 3. The third-order valence-electron chi connectivity index (χ3n) is 3.31. The van der Waals surface area contributed by atoms with Crippen LogP contribution >= 0.6 is 35.0 Å². The Labute approximate surface area is 186 Å². The number of rotatable bonds is 5. The van der Waals surface area contributed by atoms with Gasteiger partial charge in [0.15, 0.2) is 11.5 Å². The van der Waals surface area contributed by atoms with E-state index in [1.807, 2.05) is 5.32 Å². The molecule has 1 amide bonds. The van der Waals surface area contributed by atoms with Crippen LogP contribution in [0.5, 0.6) is 0 Å². The van der Waals surface area contributed by atoms with Gasteiger partial charge in [0.1, 0.15) is 17.5 Å². The minimum Gasteiger partial charge on any atom is -0.309 e. The maximum atomic E-state index is 13.0. The van der Waals surface area contributed by atoms with Crippen molar-refractivity contribution in [1.82, 2.24) is 9.78 Å². The second-order valence-electron chi connectivity index (χ2n) is 5.65. The van der Waals surface area contributed by atoms with Crippen molar-refractivity contribution in [2.75, 3.05) is 17.3 Å². The summed E-state index contributed by atoms with van der Waals surface area (Å²) in [6.45, 7) is 0. The first-order valence-corrected chi connectivity index (χ1v) is 10.9. The summed E-state index contributed by atoms with van der Waals surface area (Å²) in [6, 6.07) is 2.32. The van der Waals surface area contributed by atoms with Gasteiger partial charge in [0, 0.05) is 17.1 Å². The molecule has 1 heterocycles. The summed E-state index contributed by atoms with van der Waals surface area (Å²) in [4.78, 5) is 11.2. The molecule has 2 rings (SSSR count). The highest BCUT2D eigenvalue weighted by Crippen LogP contribution is 2.45. The standard InChI is InChI=1S/C15H8Cl2F6N4O2S2/c1-31(29)5-10(28)25-13-12(30-15(21,22)23)9(4-24)26-27(13)11-7(16)2-6(3-8(11)17)14(18,19)20/h2-3H,5H2,1H3,(H,25,28). The van der Waals surface area contributed by atoms with E-state index in [0.717, 1.165) is 6.26 Å². The highest BCUT2D eigenvalue weighted by molar-refractivity contribution is 8.00. The fourth-order valence-corrected chi connectivity index (χ4v) is 3.98. The molecule has 1 atom stereocenters. The number of anilines is 1. The molecule has 0 aliphatic rings. The van der Waals surface area contributed by atoms with Gasteiger partial charge >= 0.3 is 11.7 Å². The lowest BCUT2D eigenvalue weighted by Crippen LogP contribution is -2.21. The SMILES string of the molecule is CS(=O)CC(=O)Nc1c(SC(F)(F)F)c(C#N)nn1-c1c(Cl)cc(C(F)(F)F)cc1Cl. The quantitative estimate of drug-likeness (QED) is 0.439. The number of thioether (sulfide) groups is 1. The largest absolute Gasteiger partial charge is 0.446 e. The summed E-state index contributed by atoms with van der Waals surface area (Å²) >= 11 is 11.0. The number of carbonyl (C=O) groups is 1. The average Bonchev–Trinajstić information content (AvgIpc) is 2.88. The third kappa shape index (κ3) is 6.28. The minimum absolute atomic E-state index is 0.458. The molecule has 31 heavy (non-hydrogen) atoms. The zero-order chi connectivity index (χ0) is 23.7. The number of halogens is 8. The molecule has 168 valence electrons. The van der Waals surface area contributed by atoms with Crippen molar-refractivity contribution in [3.05, 3.63) is 33.4 Å². The van der Waals surface area contributed by atoms with E-state index in [1.54, 1.807) is 0 Å². The van der Waals surface area contributed by atoms with Crippen molar-refractivity contribution in [2.24, 2.45) is 0 Å². The smallest absolute Gasteiger partial charge is 0.309 e. The molecular formula is C15H8Cl2F6N4O2S2. The molecule has 1 aromatic heterocycles. The first-order chi connectivity index (χ1) is 14.1. The van der Waals surface area contributed by atoms with Gasteiger partial charge in [-0.2, -0.15) is 36.7 Å². The molecule has 1 aromatic carbocycles. The summed E-state index contributed by atoms with van der Waals surface area (Å²) in [6.07, 6.45) is -3.67. The molecule has 0 radical (unpaired) electrons. The molecule has 0 fully saturated rings. The predicted molar refractivity (Wildman–Crippen MR) is 103 cm³/mol. The van der Waals surface area contributed by atoms with Crippen LogP contribution < -0.4 is 5.32 Å². The van der Waals surface area contributed by atoms with Gasteiger partial charge in [-0.1, -0.05) is 23.2 Å². The van der Waals surface area contributed by atoms with E-state index >= 15 is 0 Å². The molecule has 6 nitrogen and oxygen atoms in total. The number of nitrogens with one attached hydrogen (secondary N) is 1. The number of amides is 1. The maximum Gasteiger partial charge on any atom is 0.446 e. The lowest BCUT2D eigenvalue weighted by Gasteiger charge is -2.15. The van der Waals surface area contributed by atoms with Crippen molar-refractivity contribution in [2.45, 2.75) is 16.6 Å². The van der Waals surface area contributed by atoms with Crippen LogP contribution in [0.2, 0.25) is 10.0 Å². The zero-order valence-corrected chi connectivity index (χ0v) is 18.0. The highest BCUT2D eigenvalue weighted by Gasteiger charge is 2.37. The van der Waals surface area contributed by atoms with E-state index in [4.69, 9.17) is 23.2 Å². The van der Waals surface area contributed by atoms with Gasteiger partial charge in [0.25, 0.3) is 0 Å². The second-order valence-corrected chi connectivity index (χ2v) is 8.97. The van der Waals surface area contributed by atoms with Gasteiger partial charge in [-0.3, -0.25) is 9.00 Å². The van der Waals surface area contributed by atoms with Gasteiger partial charge in [0.05, 0.1) is 20.5 Å².